The fourth-order valence-corrected chi connectivity index (χ4v) is 8.01. The van der Waals surface area contributed by atoms with E-state index in [0.717, 1.165) is 66.6 Å². The van der Waals surface area contributed by atoms with Gasteiger partial charge in [0.1, 0.15) is 0 Å². The van der Waals surface area contributed by atoms with Crippen molar-refractivity contribution < 1.29 is 9.90 Å². The Labute approximate surface area is 289 Å². The number of aromatic nitrogens is 2. The molecule has 0 aliphatic rings. The molecule has 1 amide bonds. The molecule has 242 valence electrons. The molecule has 5 nitrogen and oxygen atoms in total. The van der Waals surface area contributed by atoms with Crippen LogP contribution in [-0.2, 0) is 6.61 Å². The first-order valence-corrected chi connectivity index (χ1v) is 17.0. The van der Waals surface area contributed by atoms with Crippen LogP contribution >= 0.6 is 0 Å². The van der Waals surface area contributed by atoms with Crippen molar-refractivity contribution in [2.45, 2.75) is 27.4 Å². The number of aliphatic hydroxyl groups excluding tert-OH is 1. The van der Waals surface area contributed by atoms with Crippen molar-refractivity contribution in [3.8, 4) is 11.4 Å². The van der Waals surface area contributed by atoms with Gasteiger partial charge < -0.3 is 19.6 Å². The zero-order chi connectivity index (χ0) is 34.1. The van der Waals surface area contributed by atoms with Gasteiger partial charge in [-0.2, -0.15) is 0 Å². The van der Waals surface area contributed by atoms with E-state index in [0.29, 0.717) is 11.1 Å². The van der Waals surface area contributed by atoms with E-state index in [1.807, 2.05) is 32.0 Å². The summed E-state index contributed by atoms with van der Waals surface area (Å²) in [5, 5.41) is 21.1. The Bertz CT molecular complexity index is 2810. The molecule has 0 saturated heterocycles. The molecule has 9 aromatic rings. The number of rotatable bonds is 5. The highest BCUT2D eigenvalue weighted by atomic mass is 16.3. The molecule has 2 heterocycles. The van der Waals surface area contributed by atoms with Gasteiger partial charge >= 0.3 is 0 Å². The number of fused-ring (bicyclic) bond motifs is 7. The lowest BCUT2D eigenvalue weighted by molar-refractivity contribution is 0.102. The Balaban J connectivity index is 1.30. The number of hydrogen-bond donors (Lipinski definition) is 2. The maximum atomic E-state index is 14.0. The zero-order valence-corrected chi connectivity index (χ0v) is 28.2. The van der Waals surface area contributed by atoms with E-state index in [9.17, 15) is 9.90 Å². The standard InChI is InChI=1S/C45H35N3O2/c1-27-21-28(2)44(29(3)22-27)46-45(50)35-15-10-18-41(38(35)26-49)48-40-17-9-7-14-34(40)37-24-36-33-13-6-8-16-39(33)47(42(36)25-43(37)48)32-20-19-30-11-4-5-12-31(30)23-32/h4-25,49H,26H2,1-3H3,(H,46,50). The van der Waals surface area contributed by atoms with Crippen LogP contribution in [0.5, 0.6) is 0 Å². The normalized spacial score (nSPS) is 11.8. The molecule has 5 heteroatoms. The summed E-state index contributed by atoms with van der Waals surface area (Å²) in [6, 6.07) is 46.5. The minimum Gasteiger partial charge on any atom is -0.392 e. The van der Waals surface area contributed by atoms with Gasteiger partial charge in [-0.05, 0) is 91.2 Å². The minimum atomic E-state index is -0.293. The number of aryl methyl sites for hydroxylation is 3. The Kier molecular flexibility index (Phi) is 6.87. The van der Waals surface area contributed by atoms with Crippen LogP contribution in [0.15, 0.2) is 133 Å². The van der Waals surface area contributed by atoms with Crippen molar-refractivity contribution in [1.82, 2.24) is 9.13 Å². The molecule has 0 unspecified atom stereocenters. The quantitative estimate of drug-likeness (QED) is 0.195. The summed E-state index contributed by atoms with van der Waals surface area (Å²) in [4.78, 5) is 14.0. The van der Waals surface area contributed by atoms with Crippen LogP contribution in [0.1, 0.15) is 32.6 Å². The third-order valence-corrected chi connectivity index (χ3v) is 10.2. The van der Waals surface area contributed by atoms with E-state index in [1.54, 1.807) is 6.07 Å². The molecule has 50 heavy (non-hydrogen) atoms. The molecule has 9 rings (SSSR count). The zero-order valence-electron chi connectivity index (χ0n) is 28.2. The molecular formula is C45H35N3O2. The predicted molar refractivity (Wildman–Crippen MR) is 207 cm³/mol. The van der Waals surface area contributed by atoms with Gasteiger partial charge in [0.25, 0.3) is 5.91 Å². The van der Waals surface area contributed by atoms with Crippen LogP contribution in [0.2, 0.25) is 0 Å². The highest BCUT2D eigenvalue weighted by Gasteiger charge is 2.22. The number of nitrogens with zero attached hydrogens (tertiary/aromatic N) is 2. The predicted octanol–water partition coefficient (Wildman–Crippen LogP) is 10.7. The molecule has 2 N–H and O–H groups in total. The van der Waals surface area contributed by atoms with Gasteiger partial charge in [-0.1, -0.05) is 90.5 Å². The number of nitrogens with one attached hydrogen (secondary N) is 1. The van der Waals surface area contributed by atoms with Crippen LogP contribution in [0, 0.1) is 20.8 Å². The molecule has 0 spiro atoms. The number of hydrogen-bond acceptors (Lipinski definition) is 2. The van der Waals surface area contributed by atoms with Crippen molar-refractivity contribution in [2.75, 3.05) is 5.32 Å². The van der Waals surface area contributed by atoms with Gasteiger partial charge in [0.05, 0.1) is 34.4 Å². The highest BCUT2D eigenvalue weighted by Crippen LogP contribution is 2.40. The van der Waals surface area contributed by atoms with Crippen molar-refractivity contribution in [2.24, 2.45) is 0 Å². The van der Waals surface area contributed by atoms with Gasteiger partial charge in [0.15, 0.2) is 0 Å². The van der Waals surface area contributed by atoms with Gasteiger partial charge in [-0.3, -0.25) is 4.79 Å². The van der Waals surface area contributed by atoms with Crippen molar-refractivity contribution in [3.05, 3.63) is 161 Å². The Morgan fingerprint density at radius 2 is 1.20 bits per heavy atom. The molecule has 2 aromatic heterocycles. The molecule has 0 aliphatic heterocycles. The molecule has 0 fully saturated rings. The highest BCUT2D eigenvalue weighted by molar-refractivity contribution is 6.19. The van der Waals surface area contributed by atoms with Crippen LogP contribution in [0.4, 0.5) is 5.69 Å². The second-order valence-corrected chi connectivity index (χ2v) is 13.3. The molecule has 0 atom stereocenters. The molecule has 0 saturated carbocycles. The third kappa shape index (κ3) is 4.55. The second-order valence-electron chi connectivity index (χ2n) is 13.3. The topological polar surface area (TPSA) is 59.2 Å². The second kappa shape index (κ2) is 11.5. The lowest BCUT2D eigenvalue weighted by atomic mass is 10.0. The lowest BCUT2D eigenvalue weighted by Gasteiger charge is -2.18. The van der Waals surface area contributed by atoms with E-state index < -0.39 is 0 Å². The molecule has 7 aromatic carbocycles. The maximum absolute atomic E-state index is 14.0. The van der Waals surface area contributed by atoms with Crippen molar-refractivity contribution in [1.29, 1.82) is 0 Å². The van der Waals surface area contributed by atoms with Crippen molar-refractivity contribution >= 4 is 66.0 Å². The van der Waals surface area contributed by atoms with E-state index in [4.69, 9.17) is 0 Å². The first kappa shape index (κ1) is 29.9. The first-order chi connectivity index (χ1) is 24.4. The summed E-state index contributed by atoms with van der Waals surface area (Å²) in [7, 11) is 0. The van der Waals surface area contributed by atoms with E-state index in [1.165, 1.54) is 21.5 Å². The van der Waals surface area contributed by atoms with Gasteiger partial charge in [0, 0.05) is 44.0 Å². The number of amides is 1. The summed E-state index contributed by atoms with van der Waals surface area (Å²) in [5.74, 6) is -0.245. The van der Waals surface area contributed by atoms with Crippen LogP contribution in [0.3, 0.4) is 0 Å². The summed E-state index contributed by atoms with van der Waals surface area (Å²) in [5.41, 5.74) is 11.1. The van der Waals surface area contributed by atoms with Crippen LogP contribution in [-0.4, -0.2) is 20.1 Å². The van der Waals surface area contributed by atoms with E-state index in [2.05, 4.69) is 131 Å². The van der Waals surface area contributed by atoms with Gasteiger partial charge in [-0.15, -0.1) is 0 Å². The number of carbonyl (C=O) groups is 1. The lowest BCUT2D eigenvalue weighted by Crippen LogP contribution is -2.17. The van der Waals surface area contributed by atoms with Crippen LogP contribution < -0.4 is 5.32 Å². The van der Waals surface area contributed by atoms with Crippen LogP contribution in [0.25, 0.3) is 65.8 Å². The Hall–Kier alpha value is -6.17. The van der Waals surface area contributed by atoms with Gasteiger partial charge in [0.2, 0.25) is 0 Å². The first-order valence-electron chi connectivity index (χ1n) is 17.0. The average Bonchev–Trinajstić information content (AvgIpc) is 3.63. The SMILES string of the molecule is Cc1cc(C)c(NC(=O)c2cccc(-n3c4ccccc4c4cc5c6ccccc6n(-c6ccc7ccccc7c6)c5cc43)c2CO)c(C)c1. The Morgan fingerprint density at radius 3 is 1.90 bits per heavy atom. The number of aliphatic hydroxyl groups is 1. The summed E-state index contributed by atoms with van der Waals surface area (Å²) in [6.07, 6.45) is 0. The summed E-state index contributed by atoms with van der Waals surface area (Å²) >= 11 is 0. The largest absolute Gasteiger partial charge is 0.392 e. The minimum absolute atomic E-state index is 0.245. The Morgan fingerprint density at radius 1 is 0.580 bits per heavy atom. The monoisotopic (exact) mass is 649 g/mol. The number of benzene rings is 7. The van der Waals surface area contributed by atoms with Crippen molar-refractivity contribution in [3.63, 3.8) is 0 Å². The number of para-hydroxylation sites is 2. The fraction of sp³-hybridized carbons (Fsp3) is 0.0889. The van der Waals surface area contributed by atoms with E-state index >= 15 is 0 Å². The smallest absolute Gasteiger partial charge is 0.256 e. The maximum Gasteiger partial charge on any atom is 0.256 e. The van der Waals surface area contributed by atoms with E-state index in [-0.39, 0.29) is 12.5 Å². The molecule has 0 radical (unpaired) electrons. The number of anilines is 1. The summed E-state index contributed by atoms with van der Waals surface area (Å²) < 4.78 is 4.55. The van der Waals surface area contributed by atoms with Gasteiger partial charge in [-0.25, -0.2) is 0 Å². The number of carbonyl (C=O) groups excluding carboxylic acids is 1. The fourth-order valence-electron chi connectivity index (χ4n) is 8.01. The average molecular weight is 650 g/mol. The molecule has 0 bridgehead atoms. The molecule has 0 aliphatic carbocycles. The third-order valence-electron chi connectivity index (χ3n) is 10.2. The molecular weight excluding hydrogens is 615 g/mol. The summed E-state index contributed by atoms with van der Waals surface area (Å²) in [6.45, 7) is 5.78.